The van der Waals surface area contributed by atoms with Crippen molar-refractivity contribution in [1.29, 1.82) is 5.26 Å². The summed E-state index contributed by atoms with van der Waals surface area (Å²) < 4.78 is 5.01. The van der Waals surface area contributed by atoms with Gasteiger partial charge in [-0.2, -0.15) is 5.26 Å². The average Bonchev–Trinajstić information content (AvgIpc) is 2.22. The molecule has 0 saturated heterocycles. The van der Waals surface area contributed by atoms with Crippen molar-refractivity contribution in [3.63, 3.8) is 0 Å². The molecule has 0 aliphatic carbocycles. The van der Waals surface area contributed by atoms with Crippen LogP contribution in [-0.4, -0.2) is 18.3 Å². The monoisotopic (exact) mass is 229 g/mol. The first-order valence-electron chi connectivity index (χ1n) is 5.47. The number of carbonyl (C=O) groups is 1. The predicted octanol–water partition coefficient (Wildman–Crippen LogP) is 3.10. The van der Waals surface area contributed by atoms with Crippen LogP contribution in [0.2, 0.25) is 0 Å². The Labute approximate surface area is 96.2 Å². The molecular formula is C11H19NO2S. The minimum absolute atomic E-state index is 0.0856. The van der Waals surface area contributed by atoms with Crippen molar-refractivity contribution in [1.82, 2.24) is 0 Å². The summed E-state index contributed by atoms with van der Waals surface area (Å²) in [4.78, 5) is 11.0. The molecule has 15 heavy (non-hydrogen) atoms. The zero-order chi connectivity index (χ0) is 11.4. The molecule has 0 N–H and O–H groups in total. The first-order chi connectivity index (χ1) is 7.31. The summed E-state index contributed by atoms with van der Waals surface area (Å²) in [5.74, 6) is 0.823. The van der Waals surface area contributed by atoms with Crippen LogP contribution in [0.15, 0.2) is 0 Å². The normalized spacial score (nSPS) is 9.60. The highest BCUT2D eigenvalue weighted by Gasteiger charge is 1.99. The third kappa shape index (κ3) is 11.2. The minimum atomic E-state index is -0.0856. The van der Waals surface area contributed by atoms with E-state index in [4.69, 9.17) is 10.00 Å². The number of thioether (sulfide) groups is 1. The lowest BCUT2D eigenvalue weighted by Gasteiger charge is -2.03. The standard InChI is InChI=1S/C11H19NO2S/c1-2-7-11(13)14-8-5-3-4-6-9-15-10-12/h2-9H2,1H3. The number of esters is 1. The maximum Gasteiger partial charge on any atom is 0.305 e. The van der Waals surface area contributed by atoms with E-state index in [1.807, 2.05) is 12.3 Å². The van der Waals surface area contributed by atoms with Crippen LogP contribution in [0, 0.1) is 10.7 Å². The molecule has 0 aromatic carbocycles. The number of thiocyanates is 1. The minimum Gasteiger partial charge on any atom is -0.466 e. The number of hydrogen-bond acceptors (Lipinski definition) is 4. The summed E-state index contributed by atoms with van der Waals surface area (Å²) >= 11 is 1.30. The largest absolute Gasteiger partial charge is 0.466 e. The van der Waals surface area contributed by atoms with E-state index in [2.05, 4.69) is 0 Å². The molecule has 0 atom stereocenters. The smallest absolute Gasteiger partial charge is 0.305 e. The number of nitrogens with zero attached hydrogens (tertiary/aromatic N) is 1. The van der Waals surface area contributed by atoms with Gasteiger partial charge in [-0.25, -0.2) is 0 Å². The fourth-order valence-electron chi connectivity index (χ4n) is 1.14. The van der Waals surface area contributed by atoms with Gasteiger partial charge in [0.05, 0.1) is 6.61 Å². The van der Waals surface area contributed by atoms with Crippen LogP contribution < -0.4 is 0 Å². The third-order valence-electron chi connectivity index (χ3n) is 1.92. The second-order valence-corrected chi connectivity index (χ2v) is 4.20. The fourth-order valence-corrected chi connectivity index (χ4v) is 1.58. The lowest BCUT2D eigenvalue weighted by atomic mass is 10.2. The fraction of sp³-hybridized carbons (Fsp3) is 0.818. The van der Waals surface area contributed by atoms with Gasteiger partial charge >= 0.3 is 5.97 Å². The van der Waals surface area contributed by atoms with Gasteiger partial charge in [-0.05, 0) is 31.0 Å². The van der Waals surface area contributed by atoms with E-state index >= 15 is 0 Å². The van der Waals surface area contributed by atoms with Crippen LogP contribution in [0.4, 0.5) is 0 Å². The predicted molar refractivity (Wildman–Crippen MR) is 62.4 cm³/mol. The van der Waals surface area contributed by atoms with E-state index in [1.54, 1.807) is 0 Å². The van der Waals surface area contributed by atoms with Gasteiger partial charge in [0.1, 0.15) is 5.40 Å². The molecule has 0 aliphatic rings. The Morgan fingerprint density at radius 1 is 1.33 bits per heavy atom. The molecule has 0 unspecified atom stereocenters. The number of unbranched alkanes of at least 4 members (excludes halogenated alkanes) is 3. The molecule has 0 rings (SSSR count). The van der Waals surface area contributed by atoms with Crippen molar-refractivity contribution in [2.24, 2.45) is 0 Å². The first-order valence-corrected chi connectivity index (χ1v) is 6.46. The lowest BCUT2D eigenvalue weighted by Crippen LogP contribution is -2.04. The van der Waals surface area contributed by atoms with Crippen LogP contribution in [0.1, 0.15) is 45.4 Å². The topological polar surface area (TPSA) is 50.1 Å². The summed E-state index contributed by atoms with van der Waals surface area (Å²) in [5.41, 5.74) is 0. The van der Waals surface area contributed by atoms with Gasteiger partial charge in [0.2, 0.25) is 0 Å². The number of nitriles is 1. The summed E-state index contributed by atoms with van der Waals surface area (Å²) in [6.45, 7) is 2.51. The van der Waals surface area contributed by atoms with Crippen molar-refractivity contribution in [2.45, 2.75) is 45.4 Å². The van der Waals surface area contributed by atoms with Gasteiger partial charge in [-0.3, -0.25) is 4.79 Å². The number of ether oxygens (including phenoxy) is 1. The number of hydrogen-bond donors (Lipinski definition) is 0. The molecule has 0 amide bonds. The van der Waals surface area contributed by atoms with Crippen LogP contribution in [0.25, 0.3) is 0 Å². The van der Waals surface area contributed by atoms with Crippen LogP contribution in [0.5, 0.6) is 0 Å². The molecule has 86 valence electrons. The van der Waals surface area contributed by atoms with E-state index in [1.165, 1.54) is 11.8 Å². The highest BCUT2D eigenvalue weighted by molar-refractivity contribution is 8.03. The van der Waals surface area contributed by atoms with E-state index in [9.17, 15) is 4.79 Å². The van der Waals surface area contributed by atoms with Crippen molar-refractivity contribution in [3.8, 4) is 5.40 Å². The van der Waals surface area contributed by atoms with Crippen LogP contribution >= 0.6 is 11.8 Å². The maximum atomic E-state index is 11.0. The Balaban J connectivity index is 3.05. The highest BCUT2D eigenvalue weighted by atomic mass is 32.2. The third-order valence-corrected chi connectivity index (χ3v) is 2.54. The molecule has 0 aromatic rings. The highest BCUT2D eigenvalue weighted by Crippen LogP contribution is 2.06. The number of carbonyl (C=O) groups excluding carboxylic acids is 1. The van der Waals surface area contributed by atoms with Gasteiger partial charge in [-0.15, -0.1) is 0 Å². The summed E-state index contributed by atoms with van der Waals surface area (Å²) in [6.07, 6.45) is 5.57. The van der Waals surface area contributed by atoms with Crippen molar-refractivity contribution in [2.75, 3.05) is 12.4 Å². The van der Waals surface area contributed by atoms with Gasteiger partial charge in [0, 0.05) is 12.2 Å². The Morgan fingerprint density at radius 3 is 2.73 bits per heavy atom. The molecule has 0 aliphatic heterocycles. The molecule has 0 radical (unpaired) electrons. The second kappa shape index (κ2) is 11.4. The Kier molecular flexibility index (Phi) is 10.9. The van der Waals surface area contributed by atoms with Crippen molar-refractivity contribution in [3.05, 3.63) is 0 Å². The van der Waals surface area contributed by atoms with E-state index < -0.39 is 0 Å². The van der Waals surface area contributed by atoms with E-state index in [0.29, 0.717) is 13.0 Å². The van der Waals surface area contributed by atoms with Crippen molar-refractivity contribution < 1.29 is 9.53 Å². The SMILES string of the molecule is CCCC(=O)OCCCCCCSC#N. The summed E-state index contributed by atoms with van der Waals surface area (Å²) in [5, 5.41) is 10.3. The number of rotatable bonds is 9. The molecule has 4 heteroatoms. The van der Waals surface area contributed by atoms with Gasteiger partial charge < -0.3 is 4.74 Å². The second-order valence-electron chi connectivity index (χ2n) is 3.32. The van der Waals surface area contributed by atoms with Crippen LogP contribution in [-0.2, 0) is 9.53 Å². The Morgan fingerprint density at radius 2 is 2.07 bits per heavy atom. The van der Waals surface area contributed by atoms with Gasteiger partial charge in [-0.1, -0.05) is 19.8 Å². The molecular weight excluding hydrogens is 210 g/mol. The molecule has 0 bridgehead atoms. The summed E-state index contributed by atoms with van der Waals surface area (Å²) in [6, 6.07) is 0. The zero-order valence-electron chi connectivity index (χ0n) is 9.33. The lowest BCUT2D eigenvalue weighted by molar-refractivity contribution is -0.143. The zero-order valence-corrected chi connectivity index (χ0v) is 10.1. The molecule has 0 fully saturated rings. The first kappa shape index (κ1) is 14.3. The quantitative estimate of drug-likeness (QED) is 0.346. The van der Waals surface area contributed by atoms with E-state index in [0.717, 1.165) is 37.9 Å². The van der Waals surface area contributed by atoms with Gasteiger partial charge in [0.15, 0.2) is 0 Å². The maximum absolute atomic E-state index is 11.0. The summed E-state index contributed by atoms with van der Waals surface area (Å²) in [7, 11) is 0. The molecule has 0 spiro atoms. The van der Waals surface area contributed by atoms with Gasteiger partial charge in [0.25, 0.3) is 0 Å². The van der Waals surface area contributed by atoms with Crippen LogP contribution in [0.3, 0.4) is 0 Å². The molecule has 0 heterocycles. The van der Waals surface area contributed by atoms with Crippen molar-refractivity contribution >= 4 is 17.7 Å². The molecule has 0 saturated carbocycles. The Hall–Kier alpha value is -0.690. The Bertz CT molecular complexity index is 201. The molecule has 3 nitrogen and oxygen atoms in total. The average molecular weight is 229 g/mol. The van der Waals surface area contributed by atoms with E-state index in [-0.39, 0.29) is 5.97 Å². The molecule has 0 aromatic heterocycles.